The maximum atomic E-state index is 3.52. The Morgan fingerprint density at radius 3 is 2.37 bits per heavy atom. The zero-order chi connectivity index (χ0) is 14.5. The number of rotatable bonds is 6. The Morgan fingerprint density at radius 2 is 1.79 bits per heavy atom. The Balaban J connectivity index is 2.44. The van der Waals surface area contributed by atoms with Crippen LogP contribution in [0.25, 0.3) is 0 Å². The molecule has 0 aromatic heterocycles. The monoisotopic (exact) mass is 263 g/mol. The standard InChI is InChI=1S/C16H29N3/c1-16(2,3)17-10-11-19(6)13-14-8-7-9-15(12-14)18(4)5/h7-9,12,17H,10-11,13H2,1-6H3. The van der Waals surface area contributed by atoms with Crippen LogP contribution in [-0.2, 0) is 6.54 Å². The van der Waals surface area contributed by atoms with Gasteiger partial charge in [-0.3, -0.25) is 0 Å². The SMILES string of the molecule is CN(CCNC(C)(C)C)Cc1cccc(N(C)C)c1. The average Bonchev–Trinajstić information content (AvgIpc) is 2.27. The van der Waals surface area contributed by atoms with E-state index in [9.17, 15) is 0 Å². The Morgan fingerprint density at radius 1 is 1.11 bits per heavy atom. The van der Waals surface area contributed by atoms with Crippen molar-refractivity contribution in [2.24, 2.45) is 0 Å². The van der Waals surface area contributed by atoms with E-state index in [0.29, 0.717) is 0 Å². The predicted octanol–water partition coefficient (Wildman–Crippen LogP) is 2.57. The van der Waals surface area contributed by atoms with Crippen LogP contribution in [0.15, 0.2) is 24.3 Å². The Hall–Kier alpha value is -1.06. The Bertz CT molecular complexity index is 380. The Kier molecular flexibility index (Phi) is 5.83. The molecule has 3 nitrogen and oxygen atoms in total. The second-order valence-electron chi connectivity index (χ2n) is 6.48. The highest BCUT2D eigenvalue weighted by Crippen LogP contribution is 2.14. The molecular weight excluding hydrogens is 234 g/mol. The van der Waals surface area contributed by atoms with Gasteiger partial charge in [0, 0.05) is 45.0 Å². The topological polar surface area (TPSA) is 18.5 Å². The summed E-state index contributed by atoms with van der Waals surface area (Å²) in [7, 11) is 6.33. The van der Waals surface area contributed by atoms with Crippen LogP contribution in [0.3, 0.4) is 0 Å². The van der Waals surface area contributed by atoms with Crippen molar-refractivity contribution in [2.45, 2.75) is 32.9 Å². The molecule has 0 aliphatic heterocycles. The summed E-state index contributed by atoms with van der Waals surface area (Å²) in [6.07, 6.45) is 0. The molecule has 0 aliphatic rings. The first-order valence-electron chi connectivity index (χ1n) is 6.98. The molecule has 0 aliphatic carbocycles. The molecule has 0 unspecified atom stereocenters. The summed E-state index contributed by atoms with van der Waals surface area (Å²) in [4.78, 5) is 4.50. The van der Waals surface area contributed by atoms with Gasteiger partial charge in [-0.15, -0.1) is 0 Å². The van der Waals surface area contributed by atoms with Gasteiger partial charge in [-0.25, -0.2) is 0 Å². The van der Waals surface area contributed by atoms with Crippen LogP contribution in [0.4, 0.5) is 5.69 Å². The molecule has 0 fully saturated rings. The number of nitrogens with one attached hydrogen (secondary N) is 1. The molecule has 0 heterocycles. The van der Waals surface area contributed by atoms with E-state index in [1.54, 1.807) is 0 Å². The zero-order valence-corrected chi connectivity index (χ0v) is 13.3. The van der Waals surface area contributed by atoms with Crippen LogP contribution in [0.2, 0.25) is 0 Å². The van der Waals surface area contributed by atoms with Crippen molar-refractivity contribution in [2.75, 3.05) is 39.1 Å². The van der Waals surface area contributed by atoms with Gasteiger partial charge >= 0.3 is 0 Å². The largest absolute Gasteiger partial charge is 0.378 e. The average molecular weight is 263 g/mol. The minimum atomic E-state index is 0.200. The first-order valence-corrected chi connectivity index (χ1v) is 6.98. The van der Waals surface area contributed by atoms with E-state index in [1.165, 1.54) is 11.3 Å². The van der Waals surface area contributed by atoms with Crippen molar-refractivity contribution in [1.29, 1.82) is 0 Å². The minimum absolute atomic E-state index is 0.200. The maximum absolute atomic E-state index is 3.52. The van der Waals surface area contributed by atoms with Gasteiger partial charge in [-0.05, 0) is 45.5 Å². The van der Waals surface area contributed by atoms with Crippen molar-refractivity contribution >= 4 is 5.69 Å². The van der Waals surface area contributed by atoms with Crippen molar-refractivity contribution in [3.8, 4) is 0 Å². The molecule has 0 atom stereocenters. The highest BCUT2D eigenvalue weighted by molar-refractivity contribution is 5.47. The highest BCUT2D eigenvalue weighted by Gasteiger charge is 2.08. The lowest BCUT2D eigenvalue weighted by Crippen LogP contribution is -2.40. The van der Waals surface area contributed by atoms with Crippen LogP contribution in [0.5, 0.6) is 0 Å². The molecule has 0 radical (unpaired) electrons. The van der Waals surface area contributed by atoms with Crippen LogP contribution < -0.4 is 10.2 Å². The third-order valence-electron chi connectivity index (χ3n) is 3.03. The zero-order valence-electron chi connectivity index (χ0n) is 13.3. The van der Waals surface area contributed by atoms with E-state index in [-0.39, 0.29) is 5.54 Å². The molecule has 1 aromatic carbocycles. The van der Waals surface area contributed by atoms with Gasteiger partial charge in [0.2, 0.25) is 0 Å². The first-order chi connectivity index (χ1) is 8.78. The van der Waals surface area contributed by atoms with Crippen molar-refractivity contribution in [1.82, 2.24) is 10.2 Å². The summed E-state index contributed by atoms with van der Waals surface area (Å²) in [6, 6.07) is 8.73. The van der Waals surface area contributed by atoms with Crippen molar-refractivity contribution in [3.05, 3.63) is 29.8 Å². The molecule has 0 saturated carbocycles. The lowest BCUT2D eigenvalue weighted by molar-refractivity contribution is 0.303. The van der Waals surface area contributed by atoms with Gasteiger partial charge in [0.25, 0.3) is 0 Å². The number of benzene rings is 1. The summed E-state index contributed by atoms with van der Waals surface area (Å²) >= 11 is 0. The van der Waals surface area contributed by atoms with E-state index in [1.807, 2.05) is 0 Å². The third-order valence-corrected chi connectivity index (χ3v) is 3.03. The first kappa shape index (κ1) is 16.0. The highest BCUT2D eigenvalue weighted by atomic mass is 15.1. The van der Waals surface area contributed by atoms with Crippen LogP contribution in [0.1, 0.15) is 26.3 Å². The number of likely N-dealkylation sites (N-methyl/N-ethyl adjacent to an activating group) is 1. The molecule has 3 heteroatoms. The lowest BCUT2D eigenvalue weighted by atomic mass is 10.1. The summed E-state index contributed by atoms with van der Waals surface area (Å²) in [5.74, 6) is 0. The molecule has 1 aromatic rings. The van der Waals surface area contributed by atoms with E-state index in [2.05, 4.69) is 81.3 Å². The van der Waals surface area contributed by atoms with Crippen LogP contribution >= 0.6 is 0 Å². The quantitative estimate of drug-likeness (QED) is 0.851. The second-order valence-corrected chi connectivity index (χ2v) is 6.48. The fourth-order valence-corrected chi connectivity index (χ4v) is 1.95. The van der Waals surface area contributed by atoms with E-state index in [0.717, 1.165) is 19.6 Å². The van der Waals surface area contributed by atoms with Gasteiger partial charge in [0.05, 0.1) is 0 Å². The molecule has 108 valence electrons. The van der Waals surface area contributed by atoms with Gasteiger partial charge in [0.1, 0.15) is 0 Å². The molecule has 19 heavy (non-hydrogen) atoms. The molecule has 1 rings (SSSR count). The molecule has 0 bridgehead atoms. The fourth-order valence-electron chi connectivity index (χ4n) is 1.95. The number of hydrogen-bond acceptors (Lipinski definition) is 3. The summed E-state index contributed by atoms with van der Waals surface area (Å²) in [5, 5.41) is 3.52. The molecule has 0 saturated heterocycles. The third kappa shape index (κ3) is 6.60. The number of hydrogen-bond donors (Lipinski definition) is 1. The second kappa shape index (κ2) is 6.92. The van der Waals surface area contributed by atoms with Gasteiger partial charge in [-0.2, -0.15) is 0 Å². The summed E-state index contributed by atoms with van der Waals surface area (Å²) < 4.78 is 0. The normalized spacial score (nSPS) is 11.9. The fraction of sp³-hybridized carbons (Fsp3) is 0.625. The molecule has 0 spiro atoms. The summed E-state index contributed by atoms with van der Waals surface area (Å²) in [5.41, 5.74) is 2.83. The maximum Gasteiger partial charge on any atom is 0.0364 e. The van der Waals surface area contributed by atoms with E-state index >= 15 is 0 Å². The lowest BCUT2D eigenvalue weighted by Gasteiger charge is -2.24. The molecule has 1 N–H and O–H groups in total. The Labute approximate surface area is 118 Å². The van der Waals surface area contributed by atoms with Crippen molar-refractivity contribution < 1.29 is 0 Å². The number of nitrogens with zero attached hydrogens (tertiary/aromatic N) is 2. The van der Waals surface area contributed by atoms with Crippen LogP contribution in [0, 0.1) is 0 Å². The smallest absolute Gasteiger partial charge is 0.0364 e. The minimum Gasteiger partial charge on any atom is -0.378 e. The molecule has 0 amide bonds. The van der Waals surface area contributed by atoms with Crippen molar-refractivity contribution in [3.63, 3.8) is 0 Å². The van der Waals surface area contributed by atoms with E-state index in [4.69, 9.17) is 0 Å². The predicted molar refractivity (Wildman–Crippen MR) is 84.9 cm³/mol. The number of anilines is 1. The summed E-state index contributed by atoms with van der Waals surface area (Å²) in [6.45, 7) is 9.68. The van der Waals surface area contributed by atoms with Crippen LogP contribution in [-0.4, -0.2) is 44.7 Å². The van der Waals surface area contributed by atoms with Gasteiger partial charge in [-0.1, -0.05) is 12.1 Å². The molecular formula is C16H29N3. The van der Waals surface area contributed by atoms with Gasteiger partial charge in [0.15, 0.2) is 0 Å². The van der Waals surface area contributed by atoms with E-state index < -0.39 is 0 Å². The van der Waals surface area contributed by atoms with Gasteiger partial charge < -0.3 is 15.1 Å².